The molecule has 2 N–H and O–H groups in total. The van der Waals surface area contributed by atoms with Gasteiger partial charge in [-0.1, -0.05) is 20.3 Å². The maximum absolute atomic E-state index is 6.13. The summed E-state index contributed by atoms with van der Waals surface area (Å²) in [5, 5.41) is 0. The first-order valence-corrected chi connectivity index (χ1v) is 6.56. The number of aryl methyl sites for hydroxylation is 1. The molecule has 4 nitrogen and oxygen atoms in total. The summed E-state index contributed by atoms with van der Waals surface area (Å²) in [4.78, 5) is 11.0. The van der Waals surface area contributed by atoms with E-state index in [1.807, 2.05) is 0 Å². The molecular formula is C13H22N4. The Kier molecular flexibility index (Phi) is 3.94. The van der Waals surface area contributed by atoms with E-state index in [1.54, 1.807) is 6.33 Å². The van der Waals surface area contributed by atoms with Gasteiger partial charge in [0.15, 0.2) is 0 Å². The van der Waals surface area contributed by atoms with Crippen molar-refractivity contribution < 1.29 is 0 Å². The van der Waals surface area contributed by atoms with Gasteiger partial charge in [-0.15, -0.1) is 0 Å². The van der Waals surface area contributed by atoms with Gasteiger partial charge in [-0.2, -0.15) is 0 Å². The van der Waals surface area contributed by atoms with Crippen LogP contribution >= 0.6 is 0 Å². The number of hydrogen-bond acceptors (Lipinski definition) is 4. The Hall–Kier alpha value is -1.16. The molecule has 2 unspecified atom stereocenters. The van der Waals surface area contributed by atoms with E-state index in [1.165, 1.54) is 0 Å². The minimum Gasteiger partial charge on any atom is -0.356 e. The number of rotatable bonds is 3. The van der Waals surface area contributed by atoms with E-state index < -0.39 is 0 Å². The Labute approximate surface area is 103 Å². The van der Waals surface area contributed by atoms with Crippen LogP contribution in [0.5, 0.6) is 0 Å². The van der Waals surface area contributed by atoms with Gasteiger partial charge < -0.3 is 10.6 Å². The monoisotopic (exact) mass is 234 g/mol. The van der Waals surface area contributed by atoms with Crippen LogP contribution in [0.4, 0.5) is 5.82 Å². The fourth-order valence-corrected chi connectivity index (χ4v) is 2.44. The molecular weight excluding hydrogens is 212 g/mol. The maximum atomic E-state index is 6.13. The molecule has 0 aliphatic carbocycles. The highest BCUT2D eigenvalue weighted by atomic mass is 15.2. The molecule has 0 aromatic carbocycles. The van der Waals surface area contributed by atoms with Crippen LogP contribution in [0.25, 0.3) is 0 Å². The molecule has 1 aromatic rings. The lowest BCUT2D eigenvalue weighted by atomic mass is 9.91. The summed E-state index contributed by atoms with van der Waals surface area (Å²) in [5.41, 5.74) is 7.24. The van der Waals surface area contributed by atoms with Crippen LogP contribution < -0.4 is 10.6 Å². The highest BCUT2D eigenvalue weighted by Gasteiger charge is 2.25. The van der Waals surface area contributed by atoms with Crippen molar-refractivity contribution in [1.29, 1.82) is 0 Å². The van der Waals surface area contributed by atoms with Gasteiger partial charge in [-0.3, -0.25) is 0 Å². The SMILES string of the molecule is CCc1cc(N2CCC(N)C(CC)C2)ncn1. The third-order valence-electron chi connectivity index (χ3n) is 3.71. The van der Waals surface area contributed by atoms with Crippen molar-refractivity contribution in [2.75, 3.05) is 18.0 Å². The van der Waals surface area contributed by atoms with E-state index >= 15 is 0 Å². The smallest absolute Gasteiger partial charge is 0.132 e. The highest BCUT2D eigenvalue weighted by molar-refractivity contribution is 5.39. The van der Waals surface area contributed by atoms with Gasteiger partial charge in [-0.25, -0.2) is 9.97 Å². The zero-order chi connectivity index (χ0) is 12.3. The molecule has 0 amide bonds. The summed E-state index contributed by atoms with van der Waals surface area (Å²) in [5.74, 6) is 1.64. The molecule has 17 heavy (non-hydrogen) atoms. The van der Waals surface area contributed by atoms with Crippen LogP contribution in [0.3, 0.4) is 0 Å². The predicted molar refractivity (Wildman–Crippen MR) is 70.0 cm³/mol. The fourth-order valence-electron chi connectivity index (χ4n) is 2.44. The first-order valence-electron chi connectivity index (χ1n) is 6.56. The second-order valence-electron chi connectivity index (χ2n) is 4.79. The van der Waals surface area contributed by atoms with E-state index in [0.717, 1.165) is 43.9 Å². The molecule has 1 aliphatic rings. The molecule has 1 aromatic heterocycles. The first kappa shape index (κ1) is 12.3. The number of hydrogen-bond donors (Lipinski definition) is 1. The molecule has 94 valence electrons. The Balaban J connectivity index is 2.11. The lowest BCUT2D eigenvalue weighted by Crippen LogP contribution is -2.47. The first-order chi connectivity index (χ1) is 8.24. The molecule has 1 saturated heterocycles. The largest absolute Gasteiger partial charge is 0.356 e. The van der Waals surface area contributed by atoms with Gasteiger partial charge in [0.1, 0.15) is 12.1 Å². The second-order valence-corrected chi connectivity index (χ2v) is 4.79. The Morgan fingerprint density at radius 2 is 2.24 bits per heavy atom. The number of nitrogens with two attached hydrogens (primary N) is 1. The van der Waals surface area contributed by atoms with Crippen LogP contribution in [0.1, 0.15) is 32.4 Å². The van der Waals surface area contributed by atoms with Crippen molar-refractivity contribution >= 4 is 5.82 Å². The average Bonchev–Trinajstić information content (AvgIpc) is 2.39. The lowest BCUT2D eigenvalue weighted by molar-refractivity contribution is 0.346. The van der Waals surface area contributed by atoms with E-state index in [0.29, 0.717) is 12.0 Å². The topological polar surface area (TPSA) is 55.0 Å². The van der Waals surface area contributed by atoms with Gasteiger partial charge in [0.25, 0.3) is 0 Å². The fraction of sp³-hybridized carbons (Fsp3) is 0.692. The summed E-state index contributed by atoms with van der Waals surface area (Å²) >= 11 is 0. The molecule has 1 aliphatic heterocycles. The quantitative estimate of drug-likeness (QED) is 0.863. The third-order valence-corrected chi connectivity index (χ3v) is 3.71. The van der Waals surface area contributed by atoms with Crippen molar-refractivity contribution in [3.8, 4) is 0 Å². The van der Waals surface area contributed by atoms with Gasteiger partial charge in [-0.05, 0) is 18.8 Å². The van der Waals surface area contributed by atoms with Crippen molar-refractivity contribution in [3.05, 3.63) is 18.1 Å². The normalized spacial score (nSPS) is 25.0. The minimum atomic E-state index is 0.351. The number of nitrogens with zero attached hydrogens (tertiary/aromatic N) is 3. The Morgan fingerprint density at radius 1 is 1.41 bits per heavy atom. The van der Waals surface area contributed by atoms with Crippen molar-refractivity contribution in [1.82, 2.24) is 9.97 Å². The molecule has 2 rings (SSSR count). The van der Waals surface area contributed by atoms with E-state index in [-0.39, 0.29) is 0 Å². The van der Waals surface area contributed by atoms with Crippen molar-refractivity contribution in [2.45, 2.75) is 39.2 Å². The zero-order valence-electron chi connectivity index (χ0n) is 10.8. The predicted octanol–water partition coefficient (Wildman–Crippen LogP) is 1.60. The van der Waals surface area contributed by atoms with E-state index in [4.69, 9.17) is 5.73 Å². The third kappa shape index (κ3) is 2.75. The Morgan fingerprint density at radius 3 is 2.94 bits per heavy atom. The zero-order valence-corrected chi connectivity index (χ0v) is 10.8. The van der Waals surface area contributed by atoms with E-state index in [9.17, 15) is 0 Å². The van der Waals surface area contributed by atoms with Crippen molar-refractivity contribution in [2.24, 2.45) is 11.7 Å². The van der Waals surface area contributed by atoms with Crippen LogP contribution in [-0.4, -0.2) is 29.1 Å². The number of piperidine rings is 1. The molecule has 2 atom stereocenters. The summed E-state index contributed by atoms with van der Waals surface area (Å²) in [6, 6.07) is 2.45. The molecule has 2 heterocycles. The van der Waals surface area contributed by atoms with Gasteiger partial charge >= 0.3 is 0 Å². The molecule has 0 spiro atoms. The average molecular weight is 234 g/mol. The second kappa shape index (κ2) is 5.45. The van der Waals surface area contributed by atoms with E-state index in [2.05, 4.69) is 34.8 Å². The molecule has 4 heteroatoms. The minimum absolute atomic E-state index is 0.351. The summed E-state index contributed by atoms with van der Waals surface area (Å²) in [6.07, 6.45) is 4.83. The summed E-state index contributed by atoms with van der Waals surface area (Å²) in [7, 11) is 0. The highest BCUT2D eigenvalue weighted by Crippen LogP contribution is 2.23. The maximum Gasteiger partial charge on any atom is 0.132 e. The van der Waals surface area contributed by atoms with Crippen LogP contribution in [0, 0.1) is 5.92 Å². The van der Waals surface area contributed by atoms with Gasteiger partial charge in [0, 0.05) is 30.9 Å². The van der Waals surface area contributed by atoms with Crippen LogP contribution in [-0.2, 0) is 6.42 Å². The van der Waals surface area contributed by atoms with Crippen LogP contribution in [0.2, 0.25) is 0 Å². The summed E-state index contributed by atoms with van der Waals surface area (Å²) in [6.45, 7) is 6.37. The molecule has 0 saturated carbocycles. The van der Waals surface area contributed by atoms with Crippen molar-refractivity contribution in [3.63, 3.8) is 0 Å². The molecule has 0 radical (unpaired) electrons. The number of anilines is 1. The lowest BCUT2D eigenvalue weighted by Gasteiger charge is -2.37. The Bertz CT molecular complexity index is 366. The number of aromatic nitrogens is 2. The summed E-state index contributed by atoms with van der Waals surface area (Å²) < 4.78 is 0. The molecule has 1 fully saturated rings. The van der Waals surface area contributed by atoms with Crippen LogP contribution in [0.15, 0.2) is 12.4 Å². The standard InChI is InChI=1S/C13H22N4/c1-3-10-8-17(6-5-12(10)14)13-7-11(4-2)15-9-16-13/h7,9-10,12H,3-6,8,14H2,1-2H3. The van der Waals surface area contributed by atoms with Gasteiger partial charge in [0.05, 0.1) is 0 Å². The van der Waals surface area contributed by atoms with Gasteiger partial charge in [0.2, 0.25) is 0 Å². The molecule has 0 bridgehead atoms.